The molecule has 3 aliphatic rings. The van der Waals surface area contributed by atoms with Gasteiger partial charge in [0.05, 0.1) is 24.5 Å². The lowest BCUT2D eigenvalue weighted by Crippen LogP contribution is -2.59. The summed E-state index contributed by atoms with van der Waals surface area (Å²) in [5.74, 6) is -1.97. The third-order valence-corrected chi connectivity index (χ3v) is 8.81. The second-order valence-corrected chi connectivity index (χ2v) is 11.5. The van der Waals surface area contributed by atoms with Gasteiger partial charge < -0.3 is 19.9 Å². The second-order valence-electron chi connectivity index (χ2n) is 11.5. The standard InChI is InChI=1S/C34H36N4O5/c1-24-8-10-25(11-9-24)22-38(30(39)23-37-29-7-3-2-6-28(29)31(40)32(37)41)34(16-4-5-17-34)33(42)35-26-12-14-27(15-13-26)36-18-20-43-21-19-36/h2-3,6-15H,4-5,16-23H2,1H3,(H,35,42). The third kappa shape index (κ3) is 5.64. The molecule has 1 saturated carbocycles. The number of ketones is 1. The summed E-state index contributed by atoms with van der Waals surface area (Å²) in [6.07, 6.45) is 2.60. The van der Waals surface area contributed by atoms with Crippen LogP contribution in [0.3, 0.4) is 0 Å². The Hall–Kier alpha value is -4.50. The number of para-hydroxylation sites is 1. The molecule has 0 bridgehead atoms. The molecule has 3 aromatic rings. The summed E-state index contributed by atoms with van der Waals surface area (Å²) in [5, 5.41) is 3.10. The number of benzene rings is 3. The zero-order chi connectivity index (χ0) is 30.0. The van der Waals surface area contributed by atoms with Crippen molar-refractivity contribution in [3.8, 4) is 0 Å². The molecule has 2 aliphatic heterocycles. The summed E-state index contributed by atoms with van der Waals surface area (Å²) in [7, 11) is 0. The van der Waals surface area contributed by atoms with E-state index in [0.29, 0.717) is 43.0 Å². The maximum Gasteiger partial charge on any atom is 0.299 e. The van der Waals surface area contributed by atoms with Crippen LogP contribution in [-0.2, 0) is 25.7 Å². The van der Waals surface area contributed by atoms with Crippen LogP contribution in [0.1, 0.15) is 47.2 Å². The van der Waals surface area contributed by atoms with E-state index in [1.54, 1.807) is 29.2 Å². The summed E-state index contributed by atoms with van der Waals surface area (Å²) in [5.41, 5.74) is 3.32. The molecule has 0 unspecified atom stereocenters. The lowest BCUT2D eigenvalue weighted by Gasteiger charge is -2.41. The van der Waals surface area contributed by atoms with E-state index in [9.17, 15) is 19.2 Å². The van der Waals surface area contributed by atoms with Crippen LogP contribution in [0.15, 0.2) is 72.8 Å². The van der Waals surface area contributed by atoms with E-state index in [2.05, 4.69) is 10.2 Å². The lowest BCUT2D eigenvalue weighted by atomic mass is 9.92. The summed E-state index contributed by atoms with van der Waals surface area (Å²) in [6.45, 7) is 4.90. The molecule has 0 aromatic heterocycles. The first kappa shape index (κ1) is 28.6. The topological polar surface area (TPSA) is 99.3 Å². The number of hydrogen-bond donors (Lipinski definition) is 1. The van der Waals surface area contributed by atoms with E-state index in [1.807, 2.05) is 55.5 Å². The van der Waals surface area contributed by atoms with E-state index in [-0.39, 0.29) is 24.9 Å². The van der Waals surface area contributed by atoms with Crippen LogP contribution in [0.2, 0.25) is 0 Å². The molecular formula is C34H36N4O5. The first-order valence-electron chi connectivity index (χ1n) is 14.9. The molecule has 222 valence electrons. The molecular weight excluding hydrogens is 544 g/mol. The quantitative estimate of drug-likeness (QED) is 0.398. The molecule has 1 saturated heterocycles. The van der Waals surface area contributed by atoms with Crippen LogP contribution in [0.5, 0.6) is 0 Å². The predicted octanol–water partition coefficient (Wildman–Crippen LogP) is 4.34. The molecule has 9 heteroatoms. The summed E-state index contributed by atoms with van der Waals surface area (Å²) in [4.78, 5) is 59.2. The summed E-state index contributed by atoms with van der Waals surface area (Å²) in [6, 6.07) is 22.4. The number of amides is 3. The minimum absolute atomic E-state index is 0.208. The highest BCUT2D eigenvalue weighted by atomic mass is 16.5. The lowest BCUT2D eigenvalue weighted by molar-refractivity contribution is -0.145. The Labute approximate surface area is 251 Å². The number of hydrogen-bond acceptors (Lipinski definition) is 6. The number of nitrogens with zero attached hydrogens (tertiary/aromatic N) is 3. The number of morpholine rings is 1. The molecule has 1 N–H and O–H groups in total. The molecule has 0 spiro atoms. The van der Waals surface area contributed by atoms with Gasteiger partial charge in [-0.05, 0) is 61.7 Å². The average Bonchev–Trinajstić information content (AvgIpc) is 3.62. The number of carbonyl (C=O) groups is 4. The molecule has 6 rings (SSSR count). The molecule has 3 aromatic carbocycles. The minimum atomic E-state index is -1.10. The Morgan fingerprint density at radius 2 is 1.58 bits per heavy atom. The number of aryl methyl sites for hydroxylation is 1. The highest BCUT2D eigenvalue weighted by Gasteiger charge is 2.49. The molecule has 2 heterocycles. The summed E-state index contributed by atoms with van der Waals surface area (Å²) < 4.78 is 5.46. The Bertz CT molecular complexity index is 1520. The van der Waals surface area contributed by atoms with Crippen molar-refractivity contribution in [1.29, 1.82) is 0 Å². The van der Waals surface area contributed by atoms with Gasteiger partial charge in [0.2, 0.25) is 11.8 Å². The number of carbonyl (C=O) groups excluding carboxylic acids is 4. The largest absolute Gasteiger partial charge is 0.378 e. The van der Waals surface area contributed by atoms with Gasteiger partial charge >= 0.3 is 0 Å². The fourth-order valence-corrected chi connectivity index (χ4v) is 6.38. The van der Waals surface area contributed by atoms with Crippen LogP contribution in [0.25, 0.3) is 0 Å². The van der Waals surface area contributed by atoms with Gasteiger partial charge in [-0.15, -0.1) is 0 Å². The van der Waals surface area contributed by atoms with Crippen LogP contribution in [-0.4, -0.2) is 66.8 Å². The van der Waals surface area contributed by atoms with Crippen LogP contribution < -0.4 is 15.1 Å². The Morgan fingerprint density at radius 3 is 2.28 bits per heavy atom. The number of rotatable bonds is 8. The molecule has 1 aliphatic carbocycles. The first-order chi connectivity index (χ1) is 20.9. The van der Waals surface area contributed by atoms with Gasteiger partial charge in [0, 0.05) is 31.0 Å². The fourth-order valence-electron chi connectivity index (χ4n) is 6.38. The van der Waals surface area contributed by atoms with Crippen molar-refractivity contribution in [3.63, 3.8) is 0 Å². The van der Waals surface area contributed by atoms with Gasteiger partial charge in [-0.25, -0.2) is 0 Å². The van der Waals surface area contributed by atoms with E-state index < -0.39 is 17.2 Å². The van der Waals surface area contributed by atoms with Crippen molar-refractivity contribution in [1.82, 2.24) is 4.90 Å². The van der Waals surface area contributed by atoms with Gasteiger partial charge in [0.1, 0.15) is 12.1 Å². The SMILES string of the molecule is Cc1ccc(CN(C(=O)CN2C(=O)C(=O)c3ccccc32)C2(C(=O)Nc3ccc(N4CCOCC4)cc3)CCCC2)cc1. The van der Waals surface area contributed by atoms with Crippen LogP contribution in [0.4, 0.5) is 17.1 Å². The number of fused-ring (bicyclic) bond motifs is 1. The maximum absolute atomic E-state index is 14.2. The smallest absolute Gasteiger partial charge is 0.299 e. The molecule has 0 atom stereocenters. The van der Waals surface area contributed by atoms with Crippen LogP contribution in [0, 0.1) is 6.92 Å². The molecule has 3 amide bonds. The van der Waals surface area contributed by atoms with Gasteiger partial charge in [0.15, 0.2) is 0 Å². The summed E-state index contributed by atoms with van der Waals surface area (Å²) >= 11 is 0. The van der Waals surface area contributed by atoms with E-state index in [4.69, 9.17) is 4.74 Å². The van der Waals surface area contributed by atoms with E-state index in [1.165, 1.54) is 4.90 Å². The van der Waals surface area contributed by atoms with Crippen molar-refractivity contribution >= 4 is 40.6 Å². The van der Waals surface area contributed by atoms with Crippen molar-refractivity contribution in [3.05, 3.63) is 89.5 Å². The van der Waals surface area contributed by atoms with Crippen molar-refractivity contribution < 1.29 is 23.9 Å². The van der Waals surface area contributed by atoms with Crippen molar-refractivity contribution in [2.24, 2.45) is 0 Å². The number of nitrogens with one attached hydrogen (secondary N) is 1. The van der Waals surface area contributed by atoms with Gasteiger partial charge in [0.25, 0.3) is 11.7 Å². The van der Waals surface area contributed by atoms with Crippen molar-refractivity contribution in [2.75, 3.05) is 48.0 Å². The minimum Gasteiger partial charge on any atom is -0.378 e. The number of Topliss-reactive ketones (excluding diaryl/α,β-unsaturated/α-hetero) is 1. The van der Waals surface area contributed by atoms with Gasteiger partial charge in [-0.3, -0.25) is 24.1 Å². The van der Waals surface area contributed by atoms with Crippen molar-refractivity contribution in [2.45, 2.75) is 44.7 Å². The van der Waals surface area contributed by atoms with Crippen LogP contribution >= 0.6 is 0 Å². The zero-order valence-corrected chi connectivity index (χ0v) is 24.4. The normalized spacial score (nSPS) is 17.6. The average molecular weight is 581 g/mol. The number of anilines is 3. The molecule has 9 nitrogen and oxygen atoms in total. The van der Waals surface area contributed by atoms with Gasteiger partial charge in [-0.1, -0.05) is 54.8 Å². The molecule has 0 radical (unpaired) electrons. The predicted molar refractivity (Wildman–Crippen MR) is 164 cm³/mol. The second kappa shape index (κ2) is 12.0. The zero-order valence-electron chi connectivity index (χ0n) is 24.4. The molecule has 2 fully saturated rings. The Balaban J connectivity index is 1.28. The Morgan fingerprint density at radius 1 is 0.907 bits per heavy atom. The Kier molecular flexibility index (Phi) is 7.99. The first-order valence-corrected chi connectivity index (χ1v) is 14.9. The van der Waals surface area contributed by atoms with E-state index in [0.717, 1.165) is 42.7 Å². The van der Waals surface area contributed by atoms with Gasteiger partial charge in [-0.2, -0.15) is 0 Å². The molecule has 43 heavy (non-hydrogen) atoms. The highest BCUT2D eigenvalue weighted by Crippen LogP contribution is 2.39. The van der Waals surface area contributed by atoms with E-state index >= 15 is 0 Å². The number of ether oxygens (including phenoxy) is 1. The fraction of sp³-hybridized carbons (Fsp3) is 0.353. The monoisotopic (exact) mass is 580 g/mol. The third-order valence-electron chi connectivity index (χ3n) is 8.81. The maximum atomic E-state index is 14.2. The highest BCUT2D eigenvalue weighted by molar-refractivity contribution is 6.52.